The van der Waals surface area contributed by atoms with Crippen LogP contribution in [0.4, 0.5) is 13.2 Å². The molecule has 0 aromatic carbocycles. The molecule has 0 saturated heterocycles. The van der Waals surface area contributed by atoms with E-state index in [1.54, 1.807) is 0 Å². The molecule has 0 rings (SSSR count). The molecule has 0 aliphatic rings. The predicted octanol–water partition coefficient (Wildman–Crippen LogP) is 1.90. The van der Waals surface area contributed by atoms with Crippen LogP contribution in [-0.4, -0.2) is 41.1 Å². The third kappa shape index (κ3) is 3.90. The summed E-state index contributed by atoms with van der Waals surface area (Å²) in [7, 11) is 1.17. The van der Waals surface area contributed by atoms with E-state index in [4.69, 9.17) is 5.11 Å². The van der Waals surface area contributed by atoms with Crippen LogP contribution in [-0.2, 0) is 9.59 Å². The van der Waals surface area contributed by atoms with Crippen molar-refractivity contribution in [2.24, 2.45) is 5.41 Å². The largest absolute Gasteiger partial charge is 0.480 e. The lowest BCUT2D eigenvalue weighted by Gasteiger charge is -2.30. The zero-order valence-corrected chi connectivity index (χ0v) is 10.1. The number of carboxylic acid groups (broad SMARTS) is 1. The van der Waals surface area contributed by atoms with Crippen LogP contribution >= 0.6 is 0 Å². The normalized spacial score (nSPS) is 14.3. The lowest BCUT2D eigenvalue weighted by Crippen LogP contribution is -2.44. The number of nitrogens with zero attached hydrogens (tertiary/aromatic N) is 1. The first-order chi connectivity index (χ1) is 7.40. The fourth-order valence-electron chi connectivity index (χ4n) is 0.985. The Morgan fingerprint density at radius 2 is 1.71 bits per heavy atom. The minimum absolute atomic E-state index is 0.773. The van der Waals surface area contributed by atoms with Crippen LogP contribution in [0, 0.1) is 5.41 Å². The van der Waals surface area contributed by atoms with Gasteiger partial charge in [0, 0.05) is 13.5 Å². The van der Waals surface area contributed by atoms with Gasteiger partial charge in [0.2, 0.25) is 5.91 Å². The van der Waals surface area contributed by atoms with E-state index in [0.717, 1.165) is 18.7 Å². The van der Waals surface area contributed by atoms with E-state index in [0.29, 0.717) is 0 Å². The fraction of sp³-hybridized carbons (Fsp3) is 0.800. The summed E-state index contributed by atoms with van der Waals surface area (Å²) >= 11 is 0. The molecular formula is C10H16F3NO3. The molecule has 0 heterocycles. The van der Waals surface area contributed by atoms with Crippen LogP contribution in [0.25, 0.3) is 0 Å². The van der Waals surface area contributed by atoms with Crippen molar-refractivity contribution in [3.63, 3.8) is 0 Å². The van der Waals surface area contributed by atoms with Gasteiger partial charge >= 0.3 is 12.1 Å². The lowest BCUT2D eigenvalue weighted by atomic mass is 9.88. The van der Waals surface area contributed by atoms with E-state index in [1.807, 2.05) is 0 Å². The molecule has 100 valence electrons. The summed E-state index contributed by atoms with van der Waals surface area (Å²) in [6.07, 6.45) is -5.28. The van der Waals surface area contributed by atoms with Gasteiger partial charge in [0.15, 0.2) is 0 Å². The Labute approximate surface area is 97.4 Å². The van der Waals surface area contributed by atoms with E-state index in [-0.39, 0.29) is 0 Å². The molecule has 0 aliphatic carbocycles. The maximum Gasteiger partial charge on any atom is 0.394 e. The molecule has 0 fully saturated rings. The lowest BCUT2D eigenvalue weighted by molar-refractivity contribution is -0.215. The predicted molar refractivity (Wildman–Crippen MR) is 54.3 cm³/mol. The molecule has 0 aliphatic heterocycles. The average molecular weight is 255 g/mol. The van der Waals surface area contributed by atoms with Gasteiger partial charge in [-0.05, 0) is 6.92 Å². The van der Waals surface area contributed by atoms with E-state index in [1.165, 1.54) is 14.0 Å². The van der Waals surface area contributed by atoms with Gasteiger partial charge in [0.1, 0.15) is 6.04 Å². The number of amides is 1. The molecule has 0 radical (unpaired) electrons. The third-order valence-electron chi connectivity index (χ3n) is 2.69. The zero-order chi connectivity index (χ0) is 14.0. The topological polar surface area (TPSA) is 57.6 Å². The molecule has 1 unspecified atom stereocenters. The molecule has 0 spiro atoms. The standard InChI is InChI=1S/C10H16F3NO3/c1-6(8(16)17)14(4)7(15)5-9(2,3)10(11,12)13/h6H,5H2,1-4H3,(H,16,17). The van der Waals surface area contributed by atoms with Gasteiger partial charge in [-0.3, -0.25) is 4.79 Å². The molecule has 0 aromatic heterocycles. The highest BCUT2D eigenvalue weighted by atomic mass is 19.4. The number of carboxylic acids is 1. The van der Waals surface area contributed by atoms with E-state index < -0.39 is 35.9 Å². The minimum Gasteiger partial charge on any atom is -0.480 e. The SMILES string of the molecule is CC(C(=O)O)N(C)C(=O)CC(C)(C)C(F)(F)F. The van der Waals surface area contributed by atoms with Crippen LogP contribution in [0.3, 0.4) is 0 Å². The monoisotopic (exact) mass is 255 g/mol. The van der Waals surface area contributed by atoms with Crippen molar-refractivity contribution in [1.82, 2.24) is 4.90 Å². The summed E-state index contributed by atoms with van der Waals surface area (Å²) in [6.45, 7) is 3.05. The number of alkyl halides is 3. The van der Waals surface area contributed by atoms with Crippen molar-refractivity contribution >= 4 is 11.9 Å². The zero-order valence-electron chi connectivity index (χ0n) is 10.1. The first-order valence-corrected chi connectivity index (χ1v) is 4.95. The maximum absolute atomic E-state index is 12.5. The highest BCUT2D eigenvalue weighted by molar-refractivity contribution is 5.83. The highest BCUT2D eigenvalue weighted by Crippen LogP contribution is 2.40. The second kappa shape index (κ2) is 4.93. The summed E-state index contributed by atoms with van der Waals surface area (Å²) in [5.41, 5.74) is -2.17. The number of hydrogen-bond donors (Lipinski definition) is 1. The van der Waals surface area contributed by atoms with Crippen LogP contribution in [0.15, 0.2) is 0 Å². The Hall–Kier alpha value is -1.27. The Kier molecular flexibility index (Phi) is 4.56. The van der Waals surface area contributed by atoms with Crippen molar-refractivity contribution < 1.29 is 27.9 Å². The molecule has 0 aromatic rings. The molecular weight excluding hydrogens is 239 g/mol. The van der Waals surface area contributed by atoms with Crippen LogP contribution in [0.2, 0.25) is 0 Å². The number of hydrogen-bond acceptors (Lipinski definition) is 2. The van der Waals surface area contributed by atoms with Gasteiger partial charge in [0.25, 0.3) is 0 Å². The van der Waals surface area contributed by atoms with E-state index in [9.17, 15) is 22.8 Å². The van der Waals surface area contributed by atoms with Crippen LogP contribution < -0.4 is 0 Å². The molecule has 1 amide bonds. The number of carbonyl (C=O) groups excluding carboxylic acids is 1. The smallest absolute Gasteiger partial charge is 0.394 e. The number of likely N-dealkylation sites (N-methyl/N-ethyl adjacent to an activating group) is 1. The fourth-order valence-corrected chi connectivity index (χ4v) is 0.985. The van der Waals surface area contributed by atoms with E-state index >= 15 is 0 Å². The molecule has 17 heavy (non-hydrogen) atoms. The molecule has 1 atom stereocenters. The molecule has 4 nitrogen and oxygen atoms in total. The average Bonchev–Trinajstić information content (AvgIpc) is 2.12. The summed E-state index contributed by atoms with van der Waals surface area (Å²) in [5, 5.41) is 8.64. The number of aliphatic carboxylic acids is 1. The Morgan fingerprint density at radius 1 is 1.29 bits per heavy atom. The molecule has 1 N–H and O–H groups in total. The van der Waals surface area contributed by atoms with Crippen molar-refractivity contribution in [2.45, 2.75) is 39.4 Å². The van der Waals surface area contributed by atoms with Gasteiger partial charge in [-0.1, -0.05) is 13.8 Å². The summed E-state index contributed by atoms with van der Waals surface area (Å²) in [5.74, 6) is -2.10. The molecule has 0 saturated carbocycles. The highest BCUT2D eigenvalue weighted by Gasteiger charge is 2.49. The summed E-state index contributed by atoms with van der Waals surface area (Å²) in [4.78, 5) is 22.9. The minimum atomic E-state index is -4.50. The Bertz CT molecular complexity index is 312. The number of halogens is 3. The van der Waals surface area contributed by atoms with Crippen molar-refractivity contribution in [3.05, 3.63) is 0 Å². The Morgan fingerprint density at radius 3 is 2.00 bits per heavy atom. The molecule has 7 heteroatoms. The number of carbonyl (C=O) groups is 2. The first kappa shape index (κ1) is 15.7. The Balaban J connectivity index is 4.72. The quantitative estimate of drug-likeness (QED) is 0.834. The summed E-state index contributed by atoms with van der Waals surface area (Å²) < 4.78 is 37.6. The van der Waals surface area contributed by atoms with Gasteiger partial charge in [-0.2, -0.15) is 13.2 Å². The van der Waals surface area contributed by atoms with E-state index in [2.05, 4.69) is 0 Å². The maximum atomic E-state index is 12.5. The van der Waals surface area contributed by atoms with Crippen molar-refractivity contribution in [1.29, 1.82) is 0 Å². The van der Waals surface area contributed by atoms with Gasteiger partial charge in [-0.15, -0.1) is 0 Å². The van der Waals surface area contributed by atoms with Gasteiger partial charge in [-0.25, -0.2) is 4.79 Å². The van der Waals surface area contributed by atoms with Gasteiger partial charge < -0.3 is 10.0 Å². The number of rotatable bonds is 4. The second-order valence-electron chi connectivity index (χ2n) is 4.58. The van der Waals surface area contributed by atoms with Crippen molar-refractivity contribution in [3.8, 4) is 0 Å². The van der Waals surface area contributed by atoms with Crippen molar-refractivity contribution in [2.75, 3.05) is 7.05 Å². The van der Waals surface area contributed by atoms with Crippen LogP contribution in [0.1, 0.15) is 27.2 Å². The van der Waals surface area contributed by atoms with Crippen LogP contribution in [0.5, 0.6) is 0 Å². The summed E-state index contributed by atoms with van der Waals surface area (Å²) in [6, 6.07) is -1.15. The third-order valence-corrected chi connectivity index (χ3v) is 2.69. The second-order valence-corrected chi connectivity index (χ2v) is 4.58. The van der Waals surface area contributed by atoms with Gasteiger partial charge in [0.05, 0.1) is 5.41 Å². The first-order valence-electron chi connectivity index (χ1n) is 4.95. The molecule has 0 bridgehead atoms.